The molecule has 0 bridgehead atoms. The van der Waals surface area contributed by atoms with Crippen LogP contribution in [0.2, 0.25) is 0 Å². The Bertz CT molecular complexity index is 519. The molecular weight excluding hydrogens is 302 g/mol. The molecule has 1 atom stereocenters. The van der Waals surface area contributed by atoms with Gasteiger partial charge in [-0.25, -0.2) is 0 Å². The fourth-order valence-electron chi connectivity index (χ4n) is 4.42. The average Bonchev–Trinajstić information content (AvgIpc) is 3.34. The summed E-state index contributed by atoms with van der Waals surface area (Å²) in [5, 5.41) is 0. The van der Waals surface area contributed by atoms with Gasteiger partial charge in [-0.15, -0.1) is 0 Å². The van der Waals surface area contributed by atoms with Gasteiger partial charge in [-0.3, -0.25) is 4.98 Å². The lowest BCUT2D eigenvalue weighted by Crippen LogP contribution is -2.38. The van der Waals surface area contributed by atoms with Crippen molar-refractivity contribution in [3.8, 4) is 5.88 Å². The molecule has 0 radical (unpaired) electrons. The van der Waals surface area contributed by atoms with Crippen LogP contribution >= 0.6 is 0 Å². The number of anilines is 1. The number of rotatable bonds is 5. The third-order valence-electron chi connectivity index (χ3n) is 5.90. The number of hydrogen-bond acceptors (Lipinski definition) is 5. The molecule has 5 heteroatoms. The average molecular weight is 331 g/mol. The third-order valence-corrected chi connectivity index (χ3v) is 5.90. The normalized spacial score (nSPS) is 26.2. The Labute approximate surface area is 144 Å². The summed E-state index contributed by atoms with van der Waals surface area (Å²) in [7, 11) is 0. The highest BCUT2D eigenvalue weighted by Gasteiger charge is 2.30. The molecule has 0 spiro atoms. The van der Waals surface area contributed by atoms with E-state index in [0.29, 0.717) is 17.9 Å². The summed E-state index contributed by atoms with van der Waals surface area (Å²) in [5.41, 5.74) is 0. The first-order valence-electron chi connectivity index (χ1n) is 9.70. The highest BCUT2D eigenvalue weighted by atomic mass is 16.5. The molecule has 0 aromatic carbocycles. The van der Waals surface area contributed by atoms with Gasteiger partial charge in [-0.05, 0) is 50.4 Å². The maximum atomic E-state index is 5.90. The van der Waals surface area contributed by atoms with Crippen LogP contribution in [0.3, 0.4) is 0 Å². The molecule has 5 nitrogen and oxygen atoms in total. The van der Waals surface area contributed by atoms with Crippen LogP contribution in [0.4, 0.5) is 5.82 Å². The predicted octanol–water partition coefficient (Wildman–Crippen LogP) is 3.44. The van der Waals surface area contributed by atoms with Gasteiger partial charge >= 0.3 is 0 Å². The molecule has 0 N–H and O–H groups in total. The van der Waals surface area contributed by atoms with Crippen molar-refractivity contribution in [1.29, 1.82) is 0 Å². The van der Waals surface area contributed by atoms with Gasteiger partial charge in [-0.2, -0.15) is 4.98 Å². The second-order valence-electron chi connectivity index (χ2n) is 7.55. The van der Waals surface area contributed by atoms with Gasteiger partial charge in [0.25, 0.3) is 0 Å². The van der Waals surface area contributed by atoms with E-state index in [4.69, 9.17) is 9.47 Å². The Morgan fingerprint density at radius 3 is 2.62 bits per heavy atom. The van der Waals surface area contributed by atoms with E-state index in [1.807, 2.05) is 6.20 Å². The summed E-state index contributed by atoms with van der Waals surface area (Å²) in [5.74, 6) is 3.07. The van der Waals surface area contributed by atoms with Crippen molar-refractivity contribution in [3.63, 3.8) is 0 Å². The van der Waals surface area contributed by atoms with Crippen LogP contribution in [-0.4, -0.2) is 42.4 Å². The Morgan fingerprint density at radius 1 is 1.04 bits per heavy atom. The van der Waals surface area contributed by atoms with Crippen LogP contribution in [0, 0.1) is 11.8 Å². The van der Waals surface area contributed by atoms with Crippen LogP contribution in [0.15, 0.2) is 12.4 Å². The summed E-state index contributed by atoms with van der Waals surface area (Å²) in [6.07, 6.45) is 14.3. The molecule has 2 aliphatic heterocycles. The Kier molecular flexibility index (Phi) is 5.16. The maximum absolute atomic E-state index is 5.90. The van der Waals surface area contributed by atoms with Gasteiger partial charge in [-0.1, -0.05) is 12.8 Å². The lowest BCUT2D eigenvalue weighted by atomic mass is 9.90. The summed E-state index contributed by atoms with van der Waals surface area (Å²) >= 11 is 0. The van der Waals surface area contributed by atoms with Gasteiger partial charge in [0.15, 0.2) is 5.82 Å². The molecule has 1 saturated carbocycles. The fourth-order valence-corrected chi connectivity index (χ4v) is 4.42. The van der Waals surface area contributed by atoms with Gasteiger partial charge in [0.05, 0.1) is 25.1 Å². The molecule has 24 heavy (non-hydrogen) atoms. The van der Waals surface area contributed by atoms with E-state index in [-0.39, 0.29) is 0 Å². The van der Waals surface area contributed by atoms with Gasteiger partial charge in [0.1, 0.15) is 0 Å². The Hall–Kier alpha value is -1.36. The maximum Gasteiger partial charge on any atom is 0.234 e. The van der Waals surface area contributed by atoms with Crippen molar-refractivity contribution < 1.29 is 9.47 Å². The quantitative estimate of drug-likeness (QED) is 0.827. The van der Waals surface area contributed by atoms with Gasteiger partial charge in [0, 0.05) is 19.7 Å². The molecule has 1 aromatic rings. The SMILES string of the molecule is c1ncc(N2CCC(C3CCCO3)CC2)nc1OCC1CCCC1. The summed E-state index contributed by atoms with van der Waals surface area (Å²) in [6, 6.07) is 0. The van der Waals surface area contributed by atoms with Crippen LogP contribution in [-0.2, 0) is 4.74 Å². The molecular formula is C19H29N3O2. The summed E-state index contributed by atoms with van der Waals surface area (Å²) < 4.78 is 11.8. The second-order valence-corrected chi connectivity index (χ2v) is 7.55. The first-order valence-corrected chi connectivity index (χ1v) is 9.70. The van der Waals surface area contributed by atoms with Crippen molar-refractivity contribution in [2.75, 3.05) is 31.2 Å². The van der Waals surface area contributed by atoms with Gasteiger partial charge in [0.2, 0.25) is 5.88 Å². The molecule has 1 unspecified atom stereocenters. The first-order chi connectivity index (χ1) is 11.9. The molecule has 3 fully saturated rings. The Morgan fingerprint density at radius 2 is 1.88 bits per heavy atom. The minimum absolute atomic E-state index is 0.499. The highest BCUT2D eigenvalue weighted by Crippen LogP contribution is 2.30. The largest absolute Gasteiger partial charge is 0.476 e. The predicted molar refractivity (Wildman–Crippen MR) is 93.4 cm³/mol. The zero-order valence-electron chi connectivity index (χ0n) is 14.5. The third kappa shape index (κ3) is 3.82. The van der Waals surface area contributed by atoms with E-state index >= 15 is 0 Å². The molecule has 2 saturated heterocycles. The van der Waals surface area contributed by atoms with E-state index in [1.165, 1.54) is 51.4 Å². The number of hydrogen-bond donors (Lipinski definition) is 0. The zero-order chi connectivity index (χ0) is 16.2. The van der Waals surface area contributed by atoms with Crippen LogP contribution < -0.4 is 9.64 Å². The van der Waals surface area contributed by atoms with Crippen molar-refractivity contribution in [1.82, 2.24) is 9.97 Å². The van der Waals surface area contributed by atoms with E-state index in [9.17, 15) is 0 Å². The van der Waals surface area contributed by atoms with E-state index in [1.54, 1.807) is 6.20 Å². The molecule has 3 aliphatic rings. The number of ether oxygens (including phenoxy) is 2. The van der Waals surface area contributed by atoms with E-state index in [2.05, 4.69) is 14.9 Å². The highest BCUT2D eigenvalue weighted by molar-refractivity contribution is 5.38. The first kappa shape index (κ1) is 16.1. The Balaban J connectivity index is 1.30. The van der Waals surface area contributed by atoms with Crippen LogP contribution in [0.5, 0.6) is 5.88 Å². The summed E-state index contributed by atoms with van der Waals surface area (Å²) in [6.45, 7) is 3.84. The molecule has 4 rings (SSSR count). The number of aromatic nitrogens is 2. The lowest BCUT2D eigenvalue weighted by molar-refractivity contribution is 0.0531. The minimum Gasteiger partial charge on any atom is -0.476 e. The minimum atomic E-state index is 0.499. The standard InChI is InChI=1S/C19H29N3O2/c1-2-5-15(4-1)14-24-19-13-20-12-18(21-19)22-9-7-16(8-10-22)17-6-3-11-23-17/h12-13,15-17H,1-11,14H2. The molecule has 1 aromatic heterocycles. The number of nitrogens with zero attached hydrogens (tertiary/aromatic N) is 3. The topological polar surface area (TPSA) is 47.5 Å². The fraction of sp³-hybridized carbons (Fsp3) is 0.789. The number of piperidine rings is 1. The van der Waals surface area contributed by atoms with Crippen LogP contribution in [0.1, 0.15) is 51.4 Å². The molecule has 0 amide bonds. The zero-order valence-corrected chi connectivity index (χ0v) is 14.5. The van der Waals surface area contributed by atoms with E-state index < -0.39 is 0 Å². The molecule has 132 valence electrons. The van der Waals surface area contributed by atoms with Crippen molar-refractivity contribution in [3.05, 3.63) is 12.4 Å². The van der Waals surface area contributed by atoms with Gasteiger partial charge < -0.3 is 14.4 Å². The smallest absolute Gasteiger partial charge is 0.234 e. The van der Waals surface area contributed by atoms with Crippen molar-refractivity contribution in [2.45, 2.75) is 57.5 Å². The summed E-state index contributed by atoms with van der Waals surface area (Å²) in [4.78, 5) is 11.4. The van der Waals surface area contributed by atoms with E-state index in [0.717, 1.165) is 38.0 Å². The van der Waals surface area contributed by atoms with Crippen LogP contribution in [0.25, 0.3) is 0 Å². The lowest BCUT2D eigenvalue weighted by Gasteiger charge is -2.34. The monoisotopic (exact) mass is 331 g/mol. The second kappa shape index (κ2) is 7.68. The molecule has 3 heterocycles. The van der Waals surface area contributed by atoms with Crippen molar-refractivity contribution in [2.24, 2.45) is 11.8 Å². The van der Waals surface area contributed by atoms with Crippen molar-refractivity contribution >= 4 is 5.82 Å². The molecule has 1 aliphatic carbocycles.